The van der Waals surface area contributed by atoms with Crippen LogP contribution in [0, 0.1) is 5.82 Å². The lowest BCUT2D eigenvalue weighted by atomic mass is 10.2. The van der Waals surface area contributed by atoms with E-state index in [-0.39, 0.29) is 19.0 Å². The van der Waals surface area contributed by atoms with Crippen LogP contribution in [0.2, 0.25) is 0 Å². The number of hydrogen-bond acceptors (Lipinski definition) is 3. The Balaban J connectivity index is 2.47. The standard InChI is InChI=1S/C10H13BrFNO2/c11-9-3-1-2-7(10(9)12)4-13-5-8(15)6-14/h1-3,8,13-15H,4-6H2/t8-/m1/s1. The van der Waals surface area contributed by atoms with Crippen LogP contribution < -0.4 is 5.32 Å². The van der Waals surface area contributed by atoms with Gasteiger partial charge in [0.05, 0.1) is 17.2 Å². The molecule has 5 heteroatoms. The summed E-state index contributed by atoms with van der Waals surface area (Å²) >= 11 is 3.09. The molecule has 15 heavy (non-hydrogen) atoms. The molecule has 1 aromatic rings. The van der Waals surface area contributed by atoms with Crippen molar-refractivity contribution in [1.29, 1.82) is 0 Å². The number of nitrogens with one attached hydrogen (secondary N) is 1. The summed E-state index contributed by atoms with van der Waals surface area (Å²) in [5.74, 6) is -0.302. The molecule has 3 nitrogen and oxygen atoms in total. The fourth-order valence-electron chi connectivity index (χ4n) is 1.12. The zero-order chi connectivity index (χ0) is 11.3. The summed E-state index contributed by atoms with van der Waals surface area (Å²) in [7, 11) is 0. The monoisotopic (exact) mass is 277 g/mol. The Labute approximate surface area is 96.1 Å². The van der Waals surface area contributed by atoms with E-state index in [0.29, 0.717) is 16.6 Å². The van der Waals surface area contributed by atoms with Crippen LogP contribution in [0.3, 0.4) is 0 Å². The molecule has 84 valence electrons. The van der Waals surface area contributed by atoms with Crippen molar-refractivity contribution in [2.75, 3.05) is 13.2 Å². The number of halogens is 2. The van der Waals surface area contributed by atoms with Gasteiger partial charge in [0, 0.05) is 18.7 Å². The molecule has 0 radical (unpaired) electrons. The third-order valence-electron chi connectivity index (χ3n) is 1.94. The highest BCUT2D eigenvalue weighted by atomic mass is 79.9. The zero-order valence-electron chi connectivity index (χ0n) is 8.08. The number of rotatable bonds is 5. The number of hydrogen-bond donors (Lipinski definition) is 3. The maximum Gasteiger partial charge on any atom is 0.141 e. The van der Waals surface area contributed by atoms with E-state index in [1.807, 2.05) is 0 Å². The predicted molar refractivity (Wildman–Crippen MR) is 58.9 cm³/mol. The van der Waals surface area contributed by atoms with Crippen molar-refractivity contribution in [3.8, 4) is 0 Å². The summed E-state index contributed by atoms with van der Waals surface area (Å²) in [6, 6.07) is 5.03. The molecule has 3 N–H and O–H groups in total. The van der Waals surface area contributed by atoms with E-state index >= 15 is 0 Å². The van der Waals surface area contributed by atoms with E-state index < -0.39 is 6.10 Å². The predicted octanol–water partition coefficient (Wildman–Crippen LogP) is 1.03. The number of aliphatic hydroxyl groups is 2. The van der Waals surface area contributed by atoms with Crippen molar-refractivity contribution in [2.45, 2.75) is 12.6 Å². The van der Waals surface area contributed by atoms with Crippen LogP contribution in [-0.2, 0) is 6.54 Å². The van der Waals surface area contributed by atoms with Crippen LogP contribution in [0.25, 0.3) is 0 Å². The van der Waals surface area contributed by atoms with Crippen LogP contribution in [0.15, 0.2) is 22.7 Å². The Morgan fingerprint density at radius 2 is 2.20 bits per heavy atom. The van der Waals surface area contributed by atoms with Gasteiger partial charge in [-0.1, -0.05) is 12.1 Å². The quantitative estimate of drug-likeness (QED) is 0.754. The van der Waals surface area contributed by atoms with E-state index in [1.165, 1.54) is 0 Å². The Hall–Kier alpha value is -0.490. The van der Waals surface area contributed by atoms with Crippen LogP contribution in [0.1, 0.15) is 5.56 Å². The van der Waals surface area contributed by atoms with E-state index in [4.69, 9.17) is 10.2 Å². The molecule has 0 aromatic heterocycles. The molecule has 1 aromatic carbocycles. The number of aliphatic hydroxyl groups excluding tert-OH is 2. The molecule has 0 fully saturated rings. The highest BCUT2D eigenvalue weighted by Gasteiger charge is 2.06. The SMILES string of the molecule is OC[C@H](O)CNCc1cccc(Br)c1F. The number of benzene rings is 1. The van der Waals surface area contributed by atoms with Gasteiger partial charge in [0.2, 0.25) is 0 Å². The van der Waals surface area contributed by atoms with E-state index in [1.54, 1.807) is 18.2 Å². The third-order valence-corrected chi connectivity index (χ3v) is 2.55. The summed E-state index contributed by atoms with van der Waals surface area (Å²) in [6.45, 7) is 0.263. The van der Waals surface area contributed by atoms with Gasteiger partial charge in [0.1, 0.15) is 5.82 Å². The van der Waals surface area contributed by atoms with Gasteiger partial charge in [-0.15, -0.1) is 0 Å². The summed E-state index contributed by atoms with van der Waals surface area (Å²) in [6.07, 6.45) is -0.805. The second-order valence-corrected chi connectivity index (χ2v) is 4.03. The molecule has 0 aliphatic heterocycles. The van der Waals surface area contributed by atoms with E-state index in [2.05, 4.69) is 21.2 Å². The lowest BCUT2D eigenvalue weighted by Crippen LogP contribution is -2.29. The minimum Gasteiger partial charge on any atom is -0.394 e. The zero-order valence-corrected chi connectivity index (χ0v) is 9.67. The fourth-order valence-corrected chi connectivity index (χ4v) is 1.53. The van der Waals surface area contributed by atoms with Gasteiger partial charge < -0.3 is 15.5 Å². The first-order chi connectivity index (χ1) is 7.15. The molecule has 0 saturated carbocycles. The largest absolute Gasteiger partial charge is 0.394 e. The van der Waals surface area contributed by atoms with Gasteiger partial charge in [-0.2, -0.15) is 0 Å². The Kier molecular flexibility index (Phi) is 5.17. The van der Waals surface area contributed by atoms with Crippen molar-refractivity contribution < 1.29 is 14.6 Å². The van der Waals surface area contributed by atoms with Gasteiger partial charge >= 0.3 is 0 Å². The van der Waals surface area contributed by atoms with Gasteiger partial charge in [-0.3, -0.25) is 0 Å². The average molecular weight is 278 g/mol. The molecule has 0 heterocycles. The molecular formula is C10H13BrFNO2. The van der Waals surface area contributed by atoms with Crippen LogP contribution >= 0.6 is 15.9 Å². The van der Waals surface area contributed by atoms with Crippen molar-refractivity contribution in [2.24, 2.45) is 0 Å². The summed E-state index contributed by atoms with van der Waals surface area (Å²) in [5.41, 5.74) is 0.523. The van der Waals surface area contributed by atoms with Gasteiger partial charge in [-0.25, -0.2) is 4.39 Å². The van der Waals surface area contributed by atoms with Gasteiger partial charge in [0.15, 0.2) is 0 Å². The second kappa shape index (κ2) is 6.17. The molecule has 0 aliphatic rings. The Morgan fingerprint density at radius 1 is 1.47 bits per heavy atom. The summed E-state index contributed by atoms with van der Waals surface area (Å²) < 4.78 is 13.8. The van der Waals surface area contributed by atoms with Crippen LogP contribution in [-0.4, -0.2) is 29.5 Å². The van der Waals surface area contributed by atoms with Crippen LogP contribution in [0.4, 0.5) is 4.39 Å². The molecule has 0 amide bonds. The lowest BCUT2D eigenvalue weighted by molar-refractivity contribution is 0.0941. The van der Waals surface area contributed by atoms with Crippen molar-refractivity contribution in [1.82, 2.24) is 5.32 Å². The summed E-state index contributed by atoms with van der Waals surface area (Å²) in [5, 5.41) is 20.5. The molecule has 0 spiro atoms. The molecule has 0 saturated heterocycles. The van der Waals surface area contributed by atoms with Crippen molar-refractivity contribution >= 4 is 15.9 Å². The molecule has 0 unspecified atom stereocenters. The molecule has 0 aliphatic carbocycles. The maximum atomic E-state index is 13.4. The normalized spacial score (nSPS) is 12.8. The highest BCUT2D eigenvalue weighted by Crippen LogP contribution is 2.18. The minimum atomic E-state index is -0.805. The third kappa shape index (κ3) is 3.87. The van der Waals surface area contributed by atoms with Crippen molar-refractivity contribution in [3.63, 3.8) is 0 Å². The molecular weight excluding hydrogens is 265 g/mol. The molecule has 0 bridgehead atoms. The van der Waals surface area contributed by atoms with Gasteiger partial charge in [0.25, 0.3) is 0 Å². The maximum absolute atomic E-state index is 13.4. The van der Waals surface area contributed by atoms with Crippen LogP contribution in [0.5, 0.6) is 0 Å². The highest BCUT2D eigenvalue weighted by molar-refractivity contribution is 9.10. The van der Waals surface area contributed by atoms with Crippen molar-refractivity contribution in [3.05, 3.63) is 34.1 Å². The lowest BCUT2D eigenvalue weighted by Gasteiger charge is -2.09. The minimum absolute atomic E-state index is 0.239. The molecule has 1 rings (SSSR count). The summed E-state index contributed by atoms with van der Waals surface area (Å²) in [4.78, 5) is 0. The smallest absolute Gasteiger partial charge is 0.141 e. The Morgan fingerprint density at radius 3 is 2.87 bits per heavy atom. The van der Waals surface area contributed by atoms with Gasteiger partial charge in [-0.05, 0) is 22.0 Å². The second-order valence-electron chi connectivity index (χ2n) is 3.18. The average Bonchev–Trinajstić information content (AvgIpc) is 2.24. The topological polar surface area (TPSA) is 52.5 Å². The van der Waals surface area contributed by atoms with E-state index in [9.17, 15) is 4.39 Å². The first kappa shape index (κ1) is 12.6. The fraction of sp³-hybridized carbons (Fsp3) is 0.400. The Bertz CT molecular complexity index is 322. The first-order valence-electron chi connectivity index (χ1n) is 4.57. The molecule has 1 atom stereocenters. The van der Waals surface area contributed by atoms with E-state index in [0.717, 1.165) is 0 Å². The first-order valence-corrected chi connectivity index (χ1v) is 5.37.